The highest BCUT2D eigenvalue weighted by molar-refractivity contribution is 7.90. The molecule has 1 amide bonds. The van der Waals surface area contributed by atoms with Gasteiger partial charge in [0.1, 0.15) is 11.4 Å². The Morgan fingerprint density at radius 2 is 1.78 bits per heavy atom. The van der Waals surface area contributed by atoms with Crippen LogP contribution in [0.25, 0.3) is 0 Å². The first-order chi connectivity index (χ1) is 10.2. The Kier molecular flexibility index (Phi) is 5.09. The Balaban J connectivity index is 3.05. The van der Waals surface area contributed by atoms with Crippen LogP contribution in [-0.2, 0) is 20.8 Å². The third-order valence-electron chi connectivity index (χ3n) is 2.02. The SMILES string of the molecule is CC(C)(C)OC(=O)NNc1cc(C(F)(F)F)nc(S(C)(=O)=O)n1. The van der Waals surface area contributed by atoms with Crippen molar-refractivity contribution in [1.29, 1.82) is 0 Å². The molecule has 0 aromatic carbocycles. The molecule has 0 radical (unpaired) electrons. The predicted molar refractivity (Wildman–Crippen MR) is 73.1 cm³/mol. The number of nitrogens with one attached hydrogen (secondary N) is 2. The number of alkyl halides is 3. The number of halogens is 3. The fraction of sp³-hybridized carbons (Fsp3) is 0.545. The number of anilines is 1. The van der Waals surface area contributed by atoms with Crippen molar-refractivity contribution in [1.82, 2.24) is 15.4 Å². The summed E-state index contributed by atoms with van der Waals surface area (Å²) in [5.41, 5.74) is 1.70. The van der Waals surface area contributed by atoms with Gasteiger partial charge in [-0.15, -0.1) is 0 Å². The summed E-state index contributed by atoms with van der Waals surface area (Å²) in [7, 11) is -4.08. The maximum atomic E-state index is 12.7. The second-order valence-electron chi connectivity index (χ2n) is 5.44. The number of aromatic nitrogens is 2. The molecule has 1 aromatic rings. The lowest BCUT2D eigenvalue weighted by molar-refractivity contribution is -0.141. The molecular formula is C11H15F3N4O4S. The third-order valence-corrected chi connectivity index (χ3v) is 2.87. The van der Waals surface area contributed by atoms with Crippen molar-refractivity contribution in [3.63, 3.8) is 0 Å². The fourth-order valence-corrected chi connectivity index (χ4v) is 1.75. The van der Waals surface area contributed by atoms with E-state index in [1.807, 2.05) is 5.43 Å². The highest BCUT2D eigenvalue weighted by atomic mass is 32.2. The zero-order valence-electron chi connectivity index (χ0n) is 12.6. The minimum Gasteiger partial charge on any atom is -0.443 e. The summed E-state index contributed by atoms with van der Waals surface area (Å²) in [6.45, 7) is 4.75. The zero-order valence-corrected chi connectivity index (χ0v) is 13.5. The number of ether oxygens (including phenoxy) is 1. The molecule has 0 unspecified atom stereocenters. The van der Waals surface area contributed by atoms with Gasteiger partial charge in [-0.2, -0.15) is 18.2 Å². The lowest BCUT2D eigenvalue weighted by Gasteiger charge is -2.20. The van der Waals surface area contributed by atoms with E-state index < -0.39 is 44.4 Å². The summed E-state index contributed by atoms with van der Waals surface area (Å²) in [5.74, 6) is -0.557. The maximum Gasteiger partial charge on any atom is 0.433 e. The number of amides is 1. The smallest absolute Gasteiger partial charge is 0.433 e. The predicted octanol–water partition coefficient (Wildman–Crippen LogP) is 1.75. The van der Waals surface area contributed by atoms with Gasteiger partial charge < -0.3 is 4.74 Å². The van der Waals surface area contributed by atoms with Crippen molar-refractivity contribution in [2.75, 3.05) is 11.7 Å². The number of hydrazine groups is 1. The van der Waals surface area contributed by atoms with E-state index in [1.54, 1.807) is 20.8 Å². The molecule has 0 aliphatic carbocycles. The van der Waals surface area contributed by atoms with Gasteiger partial charge in [0.25, 0.3) is 0 Å². The van der Waals surface area contributed by atoms with E-state index in [4.69, 9.17) is 4.74 Å². The van der Waals surface area contributed by atoms with Crippen LogP contribution in [0.2, 0.25) is 0 Å². The molecule has 1 aromatic heterocycles. The van der Waals surface area contributed by atoms with E-state index in [1.165, 1.54) is 0 Å². The molecule has 0 aliphatic heterocycles. The first-order valence-corrected chi connectivity index (χ1v) is 7.99. The van der Waals surface area contributed by atoms with E-state index in [-0.39, 0.29) is 0 Å². The molecule has 0 spiro atoms. The summed E-state index contributed by atoms with van der Waals surface area (Å²) >= 11 is 0. The van der Waals surface area contributed by atoms with E-state index in [2.05, 4.69) is 15.4 Å². The van der Waals surface area contributed by atoms with Crippen molar-refractivity contribution in [2.45, 2.75) is 37.7 Å². The van der Waals surface area contributed by atoms with Crippen molar-refractivity contribution >= 4 is 21.7 Å². The monoisotopic (exact) mass is 356 g/mol. The summed E-state index contributed by atoms with van der Waals surface area (Å²) in [4.78, 5) is 17.8. The first kappa shape index (κ1) is 18.9. The van der Waals surface area contributed by atoms with Crippen LogP contribution >= 0.6 is 0 Å². The quantitative estimate of drug-likeness (QED) is 0.627. The molecule has 1 heterocycles. The van der Waals surface area contributed by atoms with Crippen molar-refractivity contribution in [2.24, 2.45) is 0 Å². The van der Waals surface area contributed by atoms with Gasteiger partial charge in [0.15, 0.2) is 5.69 Å². The highest BCUT2D eigenvalue weighted by Gasteiger charge is 2.34. The van der Waals surface area contributed by atoms with Crippen LogP contribution in [0.3, 0.4) is 0 Å². The molecule has 0 bridgehead atoms. The lowest BCUT2D eigenvalue weighted by atomic mass is 10.2. The Morgan fingerprint density at radius 1 is 1.22 bits per heavy atom. The number of hydrogen-bond donors (Lipinski definition) is 2. The molecule has 2 N–H and O–H groups in total. The largest absolute Gasteiger partial charge is 0.443 e. The maximum absolute atomic E-state index is 12.7. The minimum atomic E-state index is -4.88. The number of nitrogens with zero attached hydrogens (tertiary/aromatic N) is 2. The fourth-order valence-electron chi connectivity index (χ4n) is 1.22. The van der Waals surface area contributed by atoms with Crippen molar-refractivity contribution in [3.05, 3.63) is 11.8 Å². The topological polar surface area (TPSA) is 110 Å². The molecule has 12 heteroatoms. The number of carbonyl (C=O) groups is 1. The number of hydrogen-bond acceptors (Lipinski definition) is 7. The van der Waals surface area contributed by atoms with E-state index in [0.29, 0.717) is 12.3 Å². The summed E-state index contributed by atoms with van der Waals surface area (Å²) in [6, 6.07) is 0.450. The number of sulfone groups is 1. The molecule has 0 saturated carbocycles. The Hall–Kier alpha value is -2.11. The first-order valence-electron chi connectivity index (χ1n) is 6.10. The number of rotatable bonds is 3. The van der Waals surface area contributed by atoms with Gasteiger partial charge in [-0.25, -0.2) is 23.6 Å². The van der Waals surface area contributed by atoms with Crippen LogP contribution in [0.1, 0.15) is 26.5 Å². The molecule has 0 fully saturated rings. The highest BCUT2D eigenvalue weighted by Crippen LogP contribution is 2.29. The second kappa shape index (κ2) is 6.18. The van der Waals surface area contributed by atoms with Gasteiger partial charge in [0.2, 0.25) is 15.0 Å². The van der Waals surface area contributed by atoms with E-state index >= 15 is 0 Å². The van der Waals surface area contributed by atoms with Crippen LogP contribution in [-0.4, -0.2) is 36.3 Å². The van der Waals surface area contributed by atoms with Crippen LogP contribution < -0.4 is 10.9 Å². The molecule has 0 atom stereocenters. The summed E-state index contributed by atoms with van der Waals surface area (Å²) in [6.07, 6.45) is -5.20. The second-order valence-corrected chi connectivity index (χ2v) is 7.35. The van der Waals surface area contributed by atoms with Crippen LogP contribution in [0.5, 0.6) is 0 Å². The minimum absolute atomic E-state index is 0.450. The molecule has 23 heavy (non-hydrogen) atoms. The van der Waals surface area contributed by atoms with Gasteiger partial charge in [-0.05, 0) is 20.8 Å². The average molecular weight is 356 g/mol. The van der Waals surface area contributed by atoms with Crippen LogP contribution in [0, 0.1) is 0 Å². The Morgan fingerprint density at radius 3 is 2.22 bits per heavy atom. The normalized spacial score (nSPS) is 12.7. The van der Waals surface area contributed by atoms with Crippen molar-refractivity contribution in [3.8, 4) is 0 Å². The van der Waals surface area contributed by atoms with Crippen LogP contribution in [0.4, 0.5) is 23.8 Å². The van der Waals surface area contributed by atoms with Crippen LogP contribution in [0.15, 0.2) is 11.2 Å². The summed E-state index contributed by atoms with van der Waals surface area (Å²) in [5, 5.41) is -1.03. The van der Waals surface area contributed by atoms with E-state index in [9.17, 15) is 26.4 Å². The number of carbonyl (C=O) groups excluding carboxylic acids is 1. The van der Waals surface area contributed by atoms with Crippen molar-refractivity contribution < 1.29 is 31.1 Å². The zero-order chi connectivity index (χ0) is 18.1. The lowest BCUT2D eigenvalue weighted by Crippen LogP contribution is -2.36. The molecular weight excluding hydrogens is 341 g/mol. The van der Waals surface area contributed by atoms with E-state index in [0.717, 1.165) is 0 Å². The Labute approximate surface area is 130 Å². The van der Waals surface area contributed by atoms with Gasteiger partial charge in [-0.1, -0.05) is 0 Å². The molecule has 0 saturated heterocycles. The van der Waals surface area contributed by atoms with Gasteiger partial charge in [-0.3, -0.25) is 5.43 Å². The van der Waals surface area contributed by atoms with Gasteiger partial charge in [0, 0.05) is 12.3 Å². The summed E-state index contributed by atoms with van der Waals surface area (Å²) < 4.78 is 65.8. The third kappa shape index (κ3) is 6.26. The molecule has 8 nitrogen and oxygen atoms in total. The average Bonchev–Trinajstić information content (AvgIpc) is 2.32. The molecule has 1 rings (SSSR count). The van der Waals surface area contributed by atoms with Gasteiger partial charge in [0.05, 0.1) is 0 Å². The standard InChI is InChI=1S/C11H15F3N4O4S/c1-10(2,3)22-9(19)18-17-7-5-6(11(12,13)14)15-8(16-7)23(4,20)21/h5H,1-4H3,(H,18,19)(H,15,16,17). The van der Waals surface area contributed by atoms with Gasteiger partial charge >= 0.3 is 12.3 Å². The molecule has 0 aliphatic rings. The Bertz CT molecular complexity index is 698. The molecule has 130 valence electrons.